The van der Waals surface area contributed by atoms with E-state index >= 15 is 0 Å². The summed E-state index contributed by atoms with van der Waals surface area (Å²) in [7, 11) is 3.46. The number of anilines is 1. The van der Waals surface area contributed by atoms with Crippen LogP contribution in [-0.4, -0.2) is 57.8 Å². The number of aliphatic imine (C=N–C) groups is 1. The molecule has 156 valence electrons. The molecule has 2 aromatic rings. The fourth-order valence-corrected chi connectivity index (χ4v) is 3.64. The second-order valence-corrected chi connectivity index (χ2v) is 7.02. The van der Waals surface area contributed by atoms with Gasteiger partial charge in [-0.15, -0.1) is 0 Å². The van der Waals surface area contributed by atoms with Crippen molar-refractivity contribution in [2.45, 2.75) is 20.1 Å². The lowest BCUT2D eigenvalue weighted by atomic mass is 10.1. The number of benzene rings is 2. The Hall–Kier alpha value is -2.73. The van der Waals surface area contributed by atoms with Crippen molar-refractivity contribution in [3.63, 3.8) is 0 Å². The van der Waals surface area contributed by atoms with Crippen LogP contribution < -0.4 is 15.0 Å². The Balaban J connectivity index is 1.67. The minimum Gasteiger partial charge on any atom is -0.495 e. The summed E-state index contributed by atoms with van der Waals surface area (Å²) in [5.41, 5.74) is 3.55. The number of rotatable bonds is 7. The highest BCUT2D eigenvalue weighted by Crippen LogP contribution is 2.28. The van der Waals surface area contributed by atoms with Gasteiger partial charge in [0.1, 0.15) is 5.75 Å². The highest BCUT2D eigenvalue weighted by molar-refractivity contribution is 5.80. The highest BCUT2D eigenvalue weighted by Gasteiger charge is 2.21. The van der Waals surface area contributed by atoms with Crippen LogP contribution in [0.4, 0.5) is 5.69 Å². The zero-order chi connectivity index (χ0) is 20.5. The zero-order valence-electron chi connectivity index (χ0n) is 17.7. The summed E-state index contributed by atoms with van der Waals surface area (Å²) in [6.45, 7) is 7.93. The molecule has 0 saturated carbocycles. The Labute approximate surface area is 174 Å². The normalized spacial score (nSPS) is 14.8. The third-order valence-electron chi connectivity index (χ3n) is 5.16. The van der Waals surface area contributed by atoms with Crippen molar-refractivity contribution < 1.29 is 9.47 Å². The van der Waals surface area contributed by atoms with Crippen molar-refractivity contribution >= 4 is 11.6 Å². The molecule has 1 N–H and O–H groups in total. The fourth-order valence-electron chi connectivity index (χ4n) is 3.64. The standard InChI is InChI=1S/C23H32N4O2/c1-4-24-23(25-17-19-9-5-6-10-20(19)18-28-2)27-15-13-26(14-16-27)21-11-7-8-12-22(21)29-3/h5-12H,4,13-18H2,1-3H3,(H,24,25). The van der Waals surface area contributed by atoms with Gasteiger partial charge in [-0.3, -0.25) is 0 Å². The largest absolute Gasteiger partial charge is 0.495 e. The molecule has 3 rings (SSSR count). The van der Waals surface area contributed by atoms with E-state index in [1.54, 1.807) is 14.2 Å². The molecule has 0 spiro atoms. The molecule has 0 atom stereocenters. The summed E-state index contributed by atoms with van der Waals surface area (Å²) in [6, 6.07) is 16.6. The zero-order valence-corrected chi connectivity index (χ0v) is 17.7. The summed E-state index contributed by atoms with van der Waals surface area (Å²) in [5.74, 6) is 1.90. The Kier molecular flexibility index (Phi) is 7.76. The van der Waals surface area contributed by atoms with Crippen LogP contribution in [0.3, 0.4) is 0 Å². The average molecular weight is 397 g/mol. The van der Waals surface area contributed by atoms with Crippen molar-refractivity contribution in [3.8, 4) is 5.75 Å². The van der Waals surface area contributed by atoms with Crippen LogP contribution in [0.5, 0.6) is 5.75 Å². The minimum atomic E-state index is 0.611. The third kappa shape index (κ3) is 5.41. The van der Waals surface area contributed by atoms with Gasteiger partial charge in [-0.25, -0.2) is 4.99 Å². The molecule has 6 nitrogen and oxygen atoms in total. The van der Waals surface area contributed by atoms with E-state index < -0.39 is 0 Å². The van der Waals surface area contributed by atoms with Gasteiger partial charge in [0.25, 0.3) is 0 Å². The quantitative estimate of drug-likeness (QED) is 0.576. The second-order valence-electron chi connectivity index (χ2n) is 7.02. The lowest BCUT2D eigenvalue weighted by molar-refractivity contribution is 0.184. The lowest BCUT2D eigenvalue weighted by Crippen LogP contribution is -2.52. The van der Waals surface area contributed by atoms with Crippen LogP contribution in [0.2, 0.25) is 0 Å². The second kappa shape index (κ2) is 10.7. The van der Waals surface area contributed by atoms with Gasteiger partial charge in [0.2, 0.25) is 0 Å². The molecule has 2 aromatic carbocycles. The van der Waals surface area contributed by atoms with Crippen LogP contribution >= 0.6 is 0 Å². The molecule has 0 unspecified atom stereocenters. The van der Waals surface area contributed by atoms with E-state index in [-0.39, 0.29) is 0 Å². The van der Waals surface area contributed by atoms with Crippen molar-refractivity contribution in [2.24, 2.45) is 4.99 Å². The van der Waals surface area contributed by atoms with E-state index in [2.05, 4.69) is 52.4 Å². The van der Waals surface area contributed by atoms with Crippen molar-refractivity contribution in [2.75, 3.05) is 51.8 Å². The number of nitrogens with zero attached hydrogens (tertiary/aromatic N) is 3. The maximum Gasteiger partial charge on any atom is 0.194 e. The highest BCUT2D eigenvalue weighted by atomic mass is 16.5. The first-order valence-corrected chi connectivity index (χ1v) is 10.2. The van der Waals surface area contributed by atoms with Gasteiger partial charge in [-0.2, -0.15) is 0 Å². The minimum absolute atomic E-state index is 0.611. The van der Waals surface area contributed by atoms with Gasteiger partial charge >= 0.3 is 0 Å². The summed E-state index contributed by atoms with van der Waals surface area (Å²) >= 11 is 0. The van der Waals surface area contributed by atoms with Crippen LogP contribution in [0.1, 0.15) is 18.1 Å². The molecular formula is C23H32N4O2. The van der Waals surface area contributed by atoms with Crippen LogP contribution in [-0.2, 0) is 17.9 Å². The molecule has 1 heterocycles. The van der Waals surface area contributed by atoms with Gasteiger partial charge < -0.3 is 24.6 Å². The summed E-state index contributed by atoms with van der Waals surface area (Å²) in [4.78, 5) is 9.64. The Morgan fingerprint density at radius 2 is 1.66 bits per heavy atom. The molecule has 0 bridgehead atoms. The smallest absolute Gasteiger partial charge is 0.194 e. The molecule has 6 heteroatoms. The van der Waals surface area contributed by atoms with E-state index in [1.807, 2.05) is 18.2 Å². The summed E-state index contributed by atoms with van der Waals surface area (Å²) < 4.78 is 10.9. The Morgan fingerprint density at radius 3 is 2.34 bits per heavy atom. The number of hydrogen-bond acceptors (Lipinski definition) is 4. The first-order valence-electron chi connectivity index (χ1n) is 10.2. The molecule has 1 aliphatic heterocycles. The molecule has 29 heavy (non-hydrogen) atoms. The predicted molar refractivity (Wildman–Crippen MR) is 119 cm³/mol. The maximum atomic E-state index is 5.53. The van der Waals surface area contributed by atoms with Crippen LogP contribution in [0.15, 0.2) is 53.5 Å². The Bertz CT molecular complexity index is 801. The van der Waals surface area contributed by atoms with Crippen LogP contribution in [0.25, 0.3) is 0 Å². The van der Waals surface area contributed by atoms with E-state index in [0.717, 1.165) is 50.1 Å². The molecule has 0 radical (unpaired) electrons. The molecule has 1 aliphatic rings. The number of ether oxygens (including phenoxy) is 2. The summed E-state index contributed by atoms with van der Waals surface area (Å²) in [5, 5.41) is 3.45. The van der Waals surface area contributed by atoms with Crippen molar-refractivity contribution in [1.82, 2.24) is 10.2 Å². The maximum absolute atomic E-state index is 5.53. The number of hydrogen-bond donors (Lipinski definition) is 1. The first kappa shape index (κ1) is 21.0. The Morgan fingerprint density at radius 1 is 0.966 bits per heavy atom. The number of guanidine groups is 1. The molecule has 1 fully saturated rings. The first-order chi connectivity index (χ1) is 14.3. The van der Waals surface area contributed by atoms with Crippen LogP contribution in [0, 0.1) is 0 Å². The van der Waals surface area contributed by atoms with E-state index in [9.17, 15) is 0 Å². The van der Waals surface area contributed by atoms with Gasteiger partial charge in [-0.05, 0) is 30.2 Å². The summed E-state index contributed by atoms with van der Waals surface area (Å²) in [6.07, 6.45) is 0. The number of nitrogens with one attached hydrogen (secondary N) is 1. The number of piperazine rings is 1. The predicted octanol–water partition coefficient (Wildman–Crippen LogP) is 3.13. The molecule has 1 saturated heterocycles. The number of methoxy groups -OCH3 is 2. The third-order valence-corrected chi connectivity index (χ3v) is 5.16. The SMILES string of the molecule is CCNC(=NCc1ccccc1COC)N1CCN(c2ccccc2OC)CC1. The van der Waals surface area contributed by atoms with E-state index in [0.29, 0.717) is 13.2 Å². The average Bonchev–Trinajstić information content (AvgIpc) is 2.78. The molecule has 0 aliphatic carbocycles. The van der Waals surface area contributed by atoms with Crippen molar-refractivity contribution in [3.05, 3.63) is 59.7 Å². The topological polar surface area (TPSA) is 49.3 Å². The van der Waals surface area contributed by atoms with E-state index in [1.165, 1.54) is 11.1 Å². The van der Waals surface area contributed by atoms with Gasteiger partial charge in [0, 0.05) is 39.8 Å². The number of para-hydroxylation sites is 2. The molecule has 0 amide bonds. The molecular weight excluding hydrogens is 364 g/mol. The molecule has 0 aromatic heterocycles. The van der Waals surface area contributed by atoms with E-state index in [4.69, 9.17) is 14.5 Å². The fraction of sp³-hybridized carbons (Fsp3) is 0.435. The lowest BCUT2D eigenvalue weighted by Gasteiger charge is -2.38. The van der Waals surface area contributed by atoms with Crippen molar-refractivity contribution in [1.29, 1.82) is 0 Å². The monoisotopic (exact) mass is 396 g/mol. The van der Waals surface area contributed by atoms with Gasteiger partial charge in [0.15, 0.2) is 5.96 Å². The van der Waals surface area contributed by atoms with Gasteiger partial charge in [0.05, 0.1) is 25.9 Å². The van der Waals surface area contributed by atoms with Gasteiger partial charge in [-0.1, -0.05) is 36.4 Å².